The van der Waals surface area contributed by atoms with E-state index < -0.39 is 6.10 Å². The van der Waals surface area contributed by atoms with Crippen LogP contribution in [0.1, 0.15) is 12.0 Å². The molecule has 6 nitrogen and oxygen atoms in total. The lowest BCUT2D eigenvalue weighted by Crippen LogP contribution is -2.39. The minimum atomic E-state index is -0.637. The molecule has 1 aromatic heterocycles. The van der Waals surface area contributed by atoms with Crippen LogP contribution in [0.25, 0.3) is 15.7 Å². The Bertz CT molecular complexity index is 1040. The summed E-state index contributed by atoms with van der Waals surface area (Å²) in [4.78, 5) is 6.45. The van der Waals surface area contributed by atoms with Crippen molar-refractivity contribution in [3.8, 4) is 11.5 Å². The van der Waals surface area contributed by atoms with Crippen LogP contribution in [0.4, 0.5) is 5.82 Å². The summed E-state index contributed by atoms with van der Waals surface area (Å²) >= 11 is 2.32. The molecule has 2 heterocycles. The second kappa shape index (κ2) is 9.03. The number of halogens is 1. The van der Waals surface area contributed by atoms with Gasteiger partial charge in [0.15, 0.2) is 0 Å². The van der Waals surface area contributed by atoms with Gasteiger partial charge in [-0.1, -0.05) is 12.6 Å². The number of aryl methyl sites for hydroxylation is 1. The van der Waals surface area contributed by atoms with Gasteiger partial charge in [0.1, 0.15) is 35.8 Å². The number of benzene rings is 2. The highest BCUT2D eigenvalue weighted by Crippen LogP contribution is 2.30. The number of fused-ring (bicyclic) bond motifs is 2. The predicted molar refractivity (Wildman–Crippen MR) is 121 cm³/mol. The Hall–Kier alpha value is -2.28. The maximum Gasteiger partial charge on any atom is 0.229 e. The zero-order valence-corrected chi connectivity index (χ0v) is 18.0. The van der Waals surface area contributed by atoms with Crippen LogP contribution in [0.5, 0.6) is 11.5 Å². The Kier molecular flexibility index (Phi) is 6.23. The summed E-state index contributed by atoms with van der Waals surface area (Å²) in [5.41, 5.74) is 2.12. The Morgan fingerprint density at radius 3 is 3.10 bits per heavy atom. The number of ether oxygens (including phenoxy) is 2. The molecule has 2 aromatic carbocycles. The molecule has 0 saturated heterocycles. The highest BCUT2D eigenvalue weighted by molar-refractivity contribution is 14.1. The molecule has 4 rings (SSSR count). The van der Waals surface area contributed by atoms with Gasteiger partial charge in [0.25, 0.3) is 0 Å². The molecule has 0 saturated carbocycles. The first-order valence-electron chi connectivity index (χ1n) is 9.58. The van der Waals surface area contributed by atoms with Crippen molar-refractivity contribution in [3.63, 3.8) is 0 Å². The third-order valence-electron chi connectivity index (χ3n) is 4.97. The summed E-state index contributed by atoms with van der Waals surface area (Å²) < 4.78 is 13.1. The number of hydrogen-bond acceptors (Lipinski definition) is 4. The topological polar surface area (TPSA) is 70.9 Å². The van der Waals surface area contributed by atoms with E-state index in [4.69, 9.17) is 16.0 Å². The molecule has 0 radical (unpaired) electrons. The predicted octanol–water partition coefficient (Wildman–Crippen LogP) is 4.05. The summed E-state index contributed by atoms with van der Waals surface area (Å²) in [6, 6.07) is 13.6. The fourth-order valence-corrected chi connectivity index (χ4v) is 4.07. The van der Waals surface area contributed by atoms with Crippen molar-refractivity contribution >= 4 is 39.3 Å². The van der Waals surface area contributed by atoms with E-state index in [2.05, 4.69) is 49.9 Å². The fourth-order valence-electron chi connectivity index (χ4n) is 3.51. The summed E-state index contributed by atoms with van der Waals surface area (Å²) in [5, 5.41) is 14.4. The Labute approximate surface area is 183 Å². The second-order valence-corrected chi connectivity index (χ2v) is 8.38. The van der Waals surface area contributed by atoms with Crippen molar-refractivity contribution in [3.05, 3.63) is 63.0 Å². The summed E-state index contributed by atoms with van der Waals surface area (Å²) in [6.07, 6.45) is 1.45. The van der Waals surface area contributed by atoms with Gasteiger partial charge in [-0.3, -0.25) is 0 Å². The highest BCUT2D eigenvalue weighted by atomic mass is 127. The summed E-state index contributed by atoms with van der Waals surface area (Å²) in [5.74, 6) is 2.10. The van der Waals surface area contributed by atoms with E-state index >= 15 is 0 Å². The minimum Gasteiger partial charge on any atom is -0.490 e. The van der Waals surface area contributed by atoms with Gasteiger partial charge in [-0.2, -0.15) is 0 Å². The molecular formula is C22H22IN3O3. The van der Waals surface area contributed by atoms with Crippen molar-refractivity contribution in [2.75, 3.05) is 19.7 Å². The van der Waals surface area contributed by atoms with Crippen molar-refractivity contribution in [1.29, 1.82) is 0 Å². The lowest BCUT2D eigenvalue weighted by molar-refractivity contribution is 0.101. The third-order valence-corrected chi connectivity index (χ3v) is 5.64. The van der Waals surface area contributed by atoms with Gasteiger partial charge in [-0.05, 0) is 77.4 Å². The third kappa shape index (κ3) is 4.83. The Balaban J connectivity index is 1.24. The van der Waals surface area contributed by atoms with Crippen molar-refractivity contribution in [2.24, 2.45) is 0 Å². The van der Waals surface area contributed by atoms with Crippen LogP contribution in [0.3, 0.4) is 0 Å². The van der Waals surface area contributed by atoms with E-state index in [0.29, 0.717) is 24.7 Å². The average Bonchev–Trinajstić information content (AvgIpc) is 3.16. The first-order chi connectivity index (χ1) is 14.1. The number of aromatic nitrogens is 1. The zero-order chi connectivity index (χ0) is 20.2. The van der Waals surface area contributed by atoms with Crippen LogP contribution in [-0.2, 0) is 6.42 Å². The first-order valence-corrected chi connectivity index (χ1v) is 10.7. The number of hydrogen-bond donors (Lipinski definition) is 3. The molecule has 0 bridgehead atoms. The van der Waals surface area contributed by atoms with E-state index in [-0.39, 0.29) is 12.7 Å². The first kappa shape index (κ1) is 20.0. The Morgan fingerprint density at radius 2 is 2.24 bits per heavy atom. The number of rotatable bonds is 7. The number of aromatic amines is 1. The number of nitrogens with one attached hydrogen (secondary N) is 2. The number of H-pyrrole nitrogens is 1. The molecule has 0 spiro atoms. The van der Waals surface area contributed by atoms with E-state index in [1.807, 2.05) is 24.3 Å². The van der Waals surface area contributed by atoms with Crippen LogP contribution in [-0.4, -0.2) is 42.0 Å². The number of nitrogens with zero attached hydrogens (tertiary/aromatic N) is 1. The normalized spacial score (nSPS) is 16.7. The van der Waals surface area contributed by atoms with Crippen molar-refractivity contribution in [2.45, 2.75) is 25.0 Å². The molecule has 3 N–H and O–H groups in total. The second-order valence-electron chi connectivity index (χ2n) is 7.14. The van der Waals surface area contributed by atoms with Crippen LogP contribution in [0.15, 0.2) is 42.5 Å². The zero-order valence-electron chi connectivity index (χ0n) is 15.8. The van der Waals surface area contributed by atoms with E-state index in [0.717, 1.165) is 29.5 Å². The molecule has 7 heteroatoms. The number of aliphatic hydroxyl groups excluding tert-OH is 1. The minimum absolute atomic E-state index is 0.108. The highest BCUT2D eigenvalue weighted by Gasteiger charge is 2.20. The molecule has 0 aliphatic carbocycles. The largest absolute Gasteiger partial charge is 0.490 e. The van der Waals surface area contributed by atoms with Gasteiger partial charge in [0.2, 0.25) is 5.82 Å². The molecule has 0 amide bonds. The van der Waals surface area contributed by atoms with Gasteiger partial charge in [-0.15, -0.1) is 0 Å². The van der Waals surface area contributed by atoms with Gasteiger partial charge in [0.05, 0.1) is 5.39 Å². The SMILES string of the molecule is [C-]#[N+]c1cc2c(OC[C@@H](O)CNC[C@H]3CCc4cc(I)ccc4O3)cccc2[nH]1. The molecular weight excluding hydrogens is 481 g/mol. The smallest absolute Gasteiger partial charge is 0.229 e. The maximum absolute atomic E-state index is 10.3. The molecule has 1 aliphatic rings. The lowest BCUT2D eigenvalue weighted by Gasteiger charge is -2.27. The van der Waals surface area contributed by atoms with Crippen LogP contribution in [0.2, 0.25) is 0 Å². The lowest BCUT2D eigenvalue weighted by atomic mass is 10.0. The molecule has 150 valence electrons. The molecule has 1 aliphatic heterocycles. The quantitative estimate of drug-likeness (QED) is 0.336. The van der Waals surface area contributed by atoms with Gasteiger partial charge in [-0.25, -0.2) is 0 Å². The molecule has 2 atom stereocenters. The average molecular weight is 503 g/mol. The van der Waals surface area contributed by atoms with Crippen molar-refractivity contribution in [1.82, 2.24) is 10.3 Å². The van der Waals surface area contributed by atoms with E-state index in [9.17, 15) is 5.11 Å². The Morgan fingerprint density at radius 1 is 1.34 bits per heavy atom. The van der Waals surface area contributed by atoms with E-state index in [1.165, 1.54) is 9.13 Å². The van der Waals surface area contributed by atoms with Gasteiger partial charge >= 0.3 is 0 Å². The maximum atomic E-state index is 10.3. The van der Waals surface area contributed by atoms with E-state index in [1.54, 1.807) is 6.07 Å². The summed E-state index contributed by atoms with van der Waals surface area (Å²) in [7, 11) is 0. The monoisotopic (exact) mass is 503 g/mol. The standard InChI is InChI=1S/C22H22IN3O3/c1-24-22-10-18-19(26-22)3-2-4-21(18)28-13-16(27)11-25-12-17-7-5-14-9-15(23)6-8-20(14)29-17/h2-4,6,8-10,16-17,25-27H,5,7,11-13H2/t16-,17+/m0/s1. The van der Waals surface area contributed by atoms with Crippen molar-refractivity contribution < 1.29 is 14.6 Å². The summed E-state index contributed by atoms with van der Waals surface area (Å²) in [6.45, 7) is 8.41. The number of aliphatic hydroxyl groups is 1. The molecule has 3 aromatic rings. The fraction of sp³-hybridized carbons (Fsp3) is 0.318. The molecule has 29 heavy (non-hydrogen) atoms. The van der Waals surface area contributed by atoms with Gasteiger partial charge < -0.3 is 29.7 Å². The van der Waals surface area contributed by atoms with Gasteiger partial charge in [0, 0.05) is 16.7 Å². The van der Waals surface area contributed by atoms with Crippen LogP contribution < -0.4 is 14.8 Å². The van der Waals surface area contributed by atoms with Crippen LogP contribution in [0, 0.1) is 10.1 Å². The molecule has 0 fully saturated rings. The van der Waals surface area contributed by atoms with Crippen LogP contribution >= 0.6 is 22.6 Å². The molecule has 0 unspecified atom stereocenters.